The molecule has 1 aliphatic heterocycles. The van der Waals surface area contributed by atoms with Crippen LogP contribution in [0.5, 0.6) is 0 Å². The van der Waals surface area contributed by atoms with Crippen LogP contribution in [0.25, 0.3) is 22.2 Å². The third kappa shape index (κ3) is 3.21. The average molecular weight is 341 g/mol. The van der Waals surface area contributed by atoms with Gasteiger partial charge in [-0.15, -0.1) is 12.4 Å². The molecule has 0 spiro atoms. The van der Waals surface area contributed by atoms with E-state index in [2.05, 4.69) is 29.2 Å². The molecule has 24 heavy (non-hydrogen) atoms. The number of hydrogen-bond donors (Lipinski definition) is 1. The Bertz CT molecular complexity index is 814. The molecule has 3 aromatic rings. The predicted octanol–water partition coefficient (Wildman–Crippen LogP) is 3.65. The van der Waals surface area contributed by atoms with Gasteiger partial charge in [-0.25, -0.2) is 9.97 Å². The van der Waals surface area contributed by atoms with Gasteiger partial charge in [-0.05, 0) is 18.9 Å². The summed E-state index contributed by atoms with van der Waals surface area (Å²) >= 11 is 0. The Kier molecular flexibility index (Phi) is 4.97. The number of halogens is 1. The minimum absolute atomic E-state index is 0. The van der Waals surface area contributed by atoms with E-state index in [1.165, 1.54) is 0 Å². The summed E-state index contributed by atoms with van der Waals surface area (Å²) in [6.45, 7) is 1.85. The summed E-state index contributed by atoms with van der Waals surface area (Å²) in [4.78, 5) is 11.9. The number of rotatable bonds is 2. The maximum absolute atomic E-state index is 6.02. The van der Waals surface area contributed by atoms with Crippen LogP contribution >= 0.6 is 12.4 Å². The molecule has 4 nitrogen and oxygen atoms in total. The molecule has 0 bridgehead atoms. The molecule has 4 rings (SSSR count). The number of hydrogen-bond acceptors (Lipinski definition) is 4. The highest BCUT2D eigenvalue weighted by Gasteiger charge is 2.20. The van der Waals surface area contributed by atoms with Crippen LogP contribution in [-0.2, 0) is 0 Å². The van der Waals surface area contributed by atoms with Gasteiger partial charge in [-0.1, -0.05) is 48.5 Å². The molecule has 1 saturated heterocycles. The van der Waals surface area contributed by atoms with Gasteiger partial charge in [0.25, 0.3) is 0 Å². The Balaban J connectivity index is 0.00000169. The van der Waals surface area contributed by atoms with E-state index in [1.54, 1.807) is 0 Å². The molecule has 2 heterocycles. The fraction of sp³-hybridized carbons (Fsp3) is 0.263. The maximum Gasteiger partial charge on any atom is 0.226 e. The quantitative estimate of drug-likeness (QED) is 0.773. The lowest BCUT2D eigenvalue weighted by molar-refractivity contribution is 0.496. The smallest absolute Gasteiger partial charge is 0.226 e. The van der Waals surface area contributed by atoms with Crippen molar-refractivity contribution >= 4 is 29.3 Å². The zero-order valence-corrected chi connectivity index (χ0v) is 14.2. The molecular weight excluding hydrogens is 320 g/mol. The Morgan fingerprint density at radius 3 is 2.29 bits per heavy atom. The summed E-state index contributed by atoms with van der Waals surface area (Å²) in [5, 5.41) is 1.09. The van der Waals surface area contributed by atoms with Gasteiger partial charge in [0, 0.05) is 30.1 Å². The topological polar surface area (TPSA) is 55.0 Å². The molecule has 0 unspecified atom stereocenters. The van der Waals surface area contributed by atoms with E-state index in [-0.39, 0.29) is 12.4 Å². The minimum atomic E-state index is 0. The van der Waals surface area contributed by atoms with Crippen molar-refractivity contribution in [2.24, 2.45) is 5.73 Å². The molecule has 1 fully saturated rings. The van der Waals surface area contributed by atoms with Crippen LogP contribution < -0.4 is 10.6 Å². The molecule has 0 radical (unpaired) electrons. The van der Waals surface area contributed by atoms with Gasteiger partial charge in [0.2, 0.25) is 5.95 Å². The molecule has 2 aromatic carbocycles. The monoisotopic (exact) mass is 340 g/mol. The summed E-state index contributed by atoms with van der Waals surface area (Å²) in [6.07, 6.45) is 1.99. The molecular formula is C19H21ClN4. The first-order valence-electron chi connectivity index (χ1n) is 8.14. The van der Waals surface area contributed by atoms with E-state index in [4.69, 9.17) is 15.7 Å². The van der Waals surface area contributed by atoms with Crippen LogP contribution in [-0.4, -0.2) is 29.1 Å². The highest BCUT2D eigenvalue weighted by atomic mass is 35.5. The summed E-state index contributed by atoms with van der Waals surface area (Å²) < 4.78 is 0. The van der Waals surface area contributed by atoms with E-state index < -0.39 is 0 Å². The van der Waals surface area contributed by atoms with E-state index in [9.17, 15) is 0 Å². The molecule has 0 aliphatic carbocycles. The zero-order chi connectivity index (χ0) is 15.6. The largest absolute Gasteiger partial charge is 0.341 e. The van der Waals surface area contributed by atoms with Crippen LogP contribution in [0.2, 0.25) is 0 Å². The maximum atomic E-state index is 6.02. The first-order chi connectivity index (χ1) is 11.3. The van der Waals surface area contributed by atoms with Crippen LogP contribution in [0.15, 0.2) is 54.6 Å². The fourth-order valence-electron chi connectivity index (χ4n) is 3.12. The lowest BCUT2D eigenvalue weighted by atomic mass is 10.1. The molecule has 0 atom stereocenters. The van der Waals surface area contributed by atoms with E-state index >= 15 is 0 Å². The Hall–Kier alpha value is -2.17. The van der Waals surface area contributed by atoms with Gasteiger partial charge in [0.15, 0.2) is 0 Å². The van der Waals surface area contributed by atoms with Crippen molar-refractivity contribution in [3.63, 3.8) is 0 Å². The van der Waals surface area contributed by atoms with E-state index in [0.29, 0.717) is 6.04 Å². The van der Waals surface area contributed by atoms with Crippen molar-refractivity contribution in [2.75, 3.05) is 18.0 Å². The highest BCUT2D eigenvalue weighted by Crippen LogP contribution is 2.28. The van der Waals surface area contributed by atoms with Gasteiger partial charge in [0.05, 0.1) is 11.2 Å². The number of fused-ring (bicyclic) bond motifs is 1. The van der Waals surface area contributed by atoms with E-state index in [1.807, 2.05) is 30.3 Å². The van der Waals surface area contributed by atoms with Crippen molar-refractivity contribution in [1.29, 1.82) is 0 Å². The average Bonchev–Trinajstić information content (AvgIpc) is 2.62. The standard InChI is InChI=1S/C19H20N4.ClH/c20-15-10-12-23(13-11-15)19-21-17-9-5-4-8-16(17)18(22-19)14-6-2-1-3-7-14;/h1-9,15H,10-13,20H2;1H. The van der Waals surface area contributed by atoms with Crippen molar-refractivity contribution in [3.05, 3.63) is 54.6 Å². The van der Waals surface area contributed by atoms with Crippen molar-refractivity contribution < 1.29 is 0 Å². The Morgan fingerprint density at radius 1 is 0.875 bits per heavy atom. The second kappa shape index (κ2) is 7.16. The van der Waals surface area contributed by atoms with Gasteiger partial charge in [-0.2, -0.15) is 0 Å². The number of nitrogens with two attached hydrogens (primary N) is 1. The van der Waals surface area contributed by atoms with Gasteiger partial charge in [0.1, 0.15) is 0 Å². The molecule has 2 N–H and O–H groups in total. The highest BCUT2D eigenvalue weighted by molar-refractivity contribution is 5.93. The Morgan fingerprint density at radius 2 is 1.54 bits per heavy atom. The number of aromatic nitrogens is 2. The first kappa shape index (κ1) is 16.7. The SMILES string of the molecule is Cl.NC1CCN(c2nc(-c3ccccc3)c3ccccc3n2)CC1. The third-order valence-electron chi connectivity index (χ3n) is 4.46. The molecule has 1 aliphatic rings. The van der Waals surface area contributed by atoms with Crippen molar-refractivity contribution in [2.45, 2.75) is 18.9 Å². The summed E-state index contributed by atoms with van der Waals surface area (Å²) in [5.41, 5.74) is 9.14. The lowest BCUT2D eigenvalue weighted by Gasteiger charge is -2.30. The van der Waals surface area contributed by atoms with Gasteiger partial charge in [-0.3, -0.25) is 0 Å². The normalized spacial score (nSPS) is 15.3. The van der Waals surface area contributed by atoms with Crippen LogP contribution in [0, 0.1) is 0 Å². The molecule has 124 valence electrons. The van der Waals surface area contributed by atoms with Crippen molar-refractivity contribution in [1.82, 2.24) is 9.97 Å². The molecule has 0 saturated carbocycles. The molecule has 1 aromatic heterocycles. The van der Waals surface area contributed by atoms with Crippen LogP contribution in [0.1, 0.15) is 12.8 Å². The summed E-state index contributed by atoms with van der Waals surface area (Å²) in [5.74, 6) is 0.814. The fourth-order valence-corrected chi connectivity index (χ4v) is 3.12. The molecule has 5 heteroatoms. The second-order valence-electron chi connectivity index (χ2n) is 6.08. The number of benzene rings is 2. The second-order valence-corrected chi connectivity index (χ2v) is 6.08. The number of para-hydroxylation sites is 1. The van der Waals surface area contributed by atoms with Gasteiger partial charge < -0.3 is 10.6 Å². The first-order valence-corrected chi connectivity index (χ1v) is 8.14. The zero-order valence-electron chi connectivity index (χ0n) is 13.4. The summed E-state index contributed by atoms with van der Waals surface area (Å²) in [7, 11) is 0. The van der Waals surface area contributed by atoms with Crippen LogP contribution in [0.3, 0.4) is 0 Å². The van der Waals surface area contributed by atoms with Gasteiger partial charge >= 0.3 is 0 Å². The van der Waals surface area contributed by atoms with E-state index in [0.717, 1.165) is 54.0 Å². The van der Waals surface area contributed by atoms with Crippen molar-refractivity contribution in [3.8, 4) is 11.3 Å². The Labute approximate surface area is 148 Å². The number of anilines is 1. The minimum Gasteiger partial charge on any atom is -0.341 e. The summed E-state index contributed by atoms with van der Waals surface area (Å²) in [6, 6.07) is 18.8. The number of piperidine rings is 1. The lowest BCUT2D eigenvalue weighted by Crippen LogP contribution is -2.40. The third-order valence-corrected chi connectivity index (χ3v) is 4.46. The molecule has 0 amide bonds. The van der Waals surface area contributed by atoms with Crippen LogP contribution in [0.4, 0.5) is 5.95 Å². The number of nitrogens with zero attached hydrogens (tertiary/aromatic N) is 3. The predicted molar refractivity (Wildman–Crippen MR) is 102 cm³/mol.